The van der Waals surface area contributed by atoms with E-state index in [0.29, 0.717) is 6.54 Å². The van der Waals surface area contributed by atoms with Gasteiger partial charge in [0.2, 0.25) is 5.91 Å². The number of amides is 1. The average molecular weight is 270 g/mol. The summed E-state index contributed by atoms with van der Waals surface area (Å²) in [5.41, 5.74) is 0. The van der Waals surface area contributed by atoms with E-state index in [1.165, 1.54) is 0 Å². The van der Waals surface area contributed by atoms with Crippen molar-refractivity contribution in [3.05, 3.63) is 22.8 Å². The van der Waals surface area contributed by atoms with Gasteiger partial charge in [0, 0.05) is 19.3 Å². The fourth-order valence-electron chi connectivity index (χ4n) is 1.66. The maximum absolute atomic E-state index is 11.5. The minimum atomic E-state index is -0.162. The normalized spacial score (nSPS) is 21.3. The lowest BCUT2D eigenvalue weighted by Crippen LogP contribution is -2.54. The largest absolute Gasteiger partial charge is 0.353 e. The standard InChI is InChI=1S/C10H12BrN3O/c1-7-10(15)13-5-6-14(7)9-8(11)3-2-4-12-9/h2-4,7H,5-6H2,1H3,(H,13,15)/t7-/m0/s1. The summed E-state index contributed by atoms with van der Waals surface area (Å²) < 4.78 is 0.923. The summed E-state index contributed by atoms with van der Waals surface area (Å²) in [7, 11) is 0. The molecule has 1 saturated heterocycles. The van der Waals surface area contributed by atoms with Crippen molar-refractivity contribution in [1.29, 1.82) is 0 Å². The molecule has 0 radical (unpaired) electrons. The van der Waals surface area contributed by atoms with Gasteiger partial charge in [-0.25, -0.2) is 4.98 Å². The number of carbonyl (C=O) groups is 1. The Hall–Kier alpha value is -1.10. The van der Waals surface area contributed by atoms with Gasteiger partial charge in [0.15, 0.2) is 0 Å². The summed E-state index contributed by atoms with van der Waals surface area (Å²) in [6.07, 6.45) is 1.74. The molecule has 5 heteroatoms. The van der Waals surface area contributed by atoms with Crippen LogP contribution in [-0.2, 0) is 4.79 Å². The first-order chi connectivity index (χ1) is 7.20. The van der Waals surface area contributed by atoms with Crippen LogP contribution in [-0.4, -0.2) is 30.0 Å². The molecule has 2 rings (SSSR count). The first-order valence-electron chi connectivity index (χ1n) is 4.85. The van der Waals surface area contributed by atoms with Crippen molar-refractivity contribution in [3.63, 3.8) is 0 Å². The van der Waals surface area contributed by atoms with E-state index < -0.39 is 0 Å². The maximum Gasteiger partial charge on any atom is 0.242 e. The topological polar surface area (TPSA) is 45.2 Å². The zero-order valence-electron chi connectivity index (χ0n) is 8.40. The zero-order valence-corrected chi connectivity index (χ0v) is 9.99. The van der Waals surface area contributed by atoms with Crippen molar-refractivity contribution >= 4 is 27.7 Å². The van der Waals surface area contributed by atoms with E-state index >= 15 is 0 Å². The van der Waals surface area contributed by atoms with Crippen LogP contribution < -0.4 is 10.2 Å². The van der Waals surface area contributed by atoms with Gasteiger partial charge < -0.3 is 10.2 Å². The third-order valence-electron chi connectivity index (χ3n) is 2.51. The van der Waals surface area contributed by atoms with E-state index in [0.717, 1.165) is 16.8 Å². The van der Waals surface area contributed by atoms with Gasteiger partial charge in [0.1, 0.15) is 11.9 Å². The van der Waals surface area contributed by atoms with Gasteiger partial charge in [-0.05, 0) is 35.0 Å². The lowest BCUT2D eigenvalue weighted by Gasteiger charge is -2.34. The number of anilines is 1. The summed E-state index contributed by atoms with van der Waals surface area (Å²) in [5.74, 6) is 0.888. The molecule has 0 bridgehead atoms. The molecule has 1 aliphatic rings. The molecule has 0 aliphatic carbocycles. The molecular formula is C10H12BrN3O. The fourth-order valence-corrected chi connectivity index (χ4v) is 2.14. The van der Waals surface area contributed by atoms with Gasteiger partial charge in [-0.1, -0.05) is 0 Å². The van der Waals surface area contributed by atoms with E-state index in [1.807, 2.05) is 24.0 Å². The Labute approximate surface area is 96.8 Å². The molecule has 1 fully saturated rings. The van der Waals surface area contributed by atoms with Crippen molar-refractivity contribution < 1.29 is 4.79 Å². The van der Waals surface area contributed by atoms with Crippen LogP contribution in [0.2, 0.25) is 0 Å². The Morgan fingerprint density at radius 3 is 3.20 bits per heavy atom. The highest BCUT2D eigenvalue weighted by molar-refractivity contribution is 9.10. The Balaban J connectivity index is 2.30. The first kappa shape index (κ1) is 10.4. The van der Waals surface area contributed by atoms with E-state index in [2.05, 4.69) is 26.2 Å². The van der Waals surface area contributed by atoms with Crippen molar-refractivity contribution in [1.82, 2.24) is 10.3 Å². The summed E-state index contributed by atoms with van der Waals surface area (Å²) in [6.45, 7) is 3.35. The number of carbonyl (C=O) groups excluding carboxylic acids is 1. The molecule has 2 heterocycles. The van der Waals surface area contributed by atoms with Crippen molar-refractivity contribution in [2.45, 2.75) is 13.0 Å². The Morgan fingerprint density at radius 1 is 1.67 bits per heavy atom. The second kappa shape index (κ2) is 4.18. The highest BCUT2D eigenvalue weighted by Gasteiger charge is 2.27. The molecule has 1 atom stereocenters. The monoisotopic (exact) mass is 269 g/mol. The van der Waals surface area contributed by atoms with Crippen LogP contribution in [0.1, 0.15) is 6.92 Å². The van der Waals surface area contributed by atoms with Crippen molar-refractivity contribution in [3.8, 4) is 0 Å². The molecule has 0 aromatic carbocycles. The molecule has 15 heavy (non-hydrogen) atoms. The number of piperazine rings is 1. The van der Waals surface area contributed by atoms with Gasteiger partial charge in [0.05, 0.1) is 4.47 Å². The average Bonchev–Trinajstić information content (AvgIpc) is 2.23. The third-order valence-corrected chi connectivity index (χ3v) is 3.13. The number of aromatic nitrogens is 1. The molecule has 1 aliphatic heterocycles. The Kier molecular flexibility index (Phi) is 2.90. The smallest absolute Gasteiger partial charge is 0.242 e. The van der Waals surface area contributed by atoms with E-state index in [4.69, 9.17) is 0 Å². The van der Waals surface area contributed by atoms with Crippen LogP contribution in [0.5, 0.6) is 0 Å². The van der Waals surface area contributed by atoms with Crippen LogP contribution in [0.25, 0.3) is 0 Å². The summed E-state index contributed by atoms with van der Waals surface area (Å²) >= 11 is 3.44. The molecule has 1 aromatic heterocycles. The van der Waals surface area contributed by atoms with Crippen LogP contribution in [0, 0.1) is 0 Å². The minimum absolute atomic E-state index is 0.0544. The van der Waals surface area contributed by atoms with Gasteiger partial charge >= 0.3 is 0 Å². The molecule has 4 nitrogen and oxygen atoms in total. The number of halogens is 1. The summed E-state index contributed by atoms with van der Waals surface area (Å²) in [6, 6.07) is 3.63. The minimum Gasteiger partial charge on any atom is -0.353 e. The molecule has 0 spiro atoms. The maximum atomic E-state index is 11.5. The predicted molar refractivity (Wildman–Crippen MR) is 61.8 cm³/mol. The molecular weight excluding hydrogens is 258 g/mol. The number of nitrogens with one attached hydrogen (secondary N) is 1. The van der Waals surface area contributed by atoms with E-state index in [9.17, 15) is 4.79 Å². The van der Waals surface area contributed by atoms with Crippen molar-refractivity contribution in [2.75, 3.05) is 18.0 Å². The molecule has 1 amide bonds. The molecule has 1 aromatic rings. The highest BCUT2D eigenvalue weighted by atomic mass is 79.9. The predicted octanol–water partition coefficient (Wildman–Crippen LogP) is 1.17. The number of hydrogen-bond donors (Lipinski definition) is 1. The SMILES string of the molecule is C[C@H]1C(=O)NCCN1c1ncccc1Br. The lowest BCUT2D eigenvalue weighted by atomic mass is 10.2. The Bertz CT molecular complexity index is 383. The van der Waals surface area contributed by atoms with Crippen LogP contribution in [0.3, 0.4) is 0 Å². The summed E-state index contributed by atoms with van der Waals surface area (Å²) in [5, 5.41) is 2.83. The number of nitrogens with zero attached hydrogens (tertiary/aromatic N) is 2. The highest BCUT2D eigenvalue weighted by Crippen LogP contribution is 2.25. The van der Waals surface area contributed by atoms with Crippen LogP contribution in [0.4, 0.5) is 5.82 Å². The molecule has 80 valence electrons. The van der Waals surface area contributed by atoms with Crippen molar-refractivity contribution in [2.24, 2.45) is 0 Å². The second-order valence-corrected chi connectivity index (χ2v) is 4.32. The number of pyridine rings is 1. The van der Waals surface area contributed by atoms with Gasteiger partial charge in [-0.2, -0.15) is 0 Å². The van der Waals surface area contributed by atoms with Gasteiger partial charge in [-0.3, -0.25) is 4.79 Å². The van der Waals surface area contributed by atoms with E-state index in [-0.39, 0.29) is 11.9 Å². The number of hydrogen-bond acceptors (Lipinski definition) is 3. The Morgan fingerprint density at radius 2 is 2.47 bits per heavy atom. The zero-order chi connectivity index (χ0) is 10.8. The van der Waals surface area contributed by atoms with E-state index in [1.54, 1.807) is 6.20 Å². The second-order valence-electron chi connectivity index (χ2n) is 3.47. The van der Waals surface area contributed by atoms with Crippen LogP contribution in [0.15, 0.2) is 22.8 Å². The molecule has 0 saturated carbocycles. The third kappa shape index (κ3) is 1.97. The van der Waals surface area contributed by atoms with Crippen LogP contribution >= 0.6 is 15.9 Å². The quantitative estimate of drug-likeness (QED) is 0.833. The van der Waals surface area contributed by atoms with Gasteiger partial charge in [0.25, 0.3) is 0 Å². The van der Waals surface area contributed by atoms with Gasteiger partial charge in [-0.15, -0.1) is 0 Å². The fraction of sp³-hybridized carbons (Fsp3) is 0.400. The lowest BCUT2D eigenvalue weighted by molar-refractivity contribution is -0.122. The molecule has 1 N–H and O–H groups in total. The first-order valence-corrected chi connectivity index (χ1v) is 5.64. The molecule has 0 unspecified atom stereocenters. The number of rotatable bonds is 1. The summed E-state index contributed by atoms with van der Waals surface area (Å²) in [4.78, 5) is 17.8.